The average Bonchev–Trinajstić information content (AvgIpc) is 2.57. The van der Waals surface area contributed by atoms with Crippen LogP contribution in [0.2, 0.25) is 10.0 Å². The highest BCUT2D eigenvalue weighted by molar-refractivity contribution is 6.42. The Hall–Kier alpha value is -2.46. The fourth-order valence-corrected chi connectivity index (χ4v) is 2.93. The Morgan fingerprint density at radius 3 is 2.79 bits per heavy atom. The first-order valence-corrected chi connectivity index (χ1v) is 7.52. The minimum absolute atomic E-state index is 0.0308. The molecule has 0 fully saturated rings. The lowest BCUT2D eigenvalue weighted by molar-refractivity contribution is 0.231. The van der Waals surface area contributed by atoms with Crippen molar-refractivity contribution in [1.29, 1.82) is 5.26 Å². The molecule has 3 rings (SSSR count). The molecule has 0 spiro atoms. The molecule has 8 heteroatoms. The topological polar surface area (TPSA) is 109 Å². The summed E-state index contributed by atoms with van der Waals surface area (Å²) in [6.07, 6.45) is 0. The number of fused-ring (bicyclic) bond motifs is 1. The molecule has 0 saturated carbocycles. The third-order valence-corrected chi connectivity index (χ3v) is 4.41. The molecular formula is C16H10Cl2N2O4. The lowest BCUT2D eigenvalue weighted by Crippen LogP contribution is -2.25. The van der Waals surface area contributed by atoms with Gasteiger partial charge in [0, 0.05) is 6.07 Å². The molecule has 6 nitrogen and oxygen atoms in total. The number of nitriles is 1. The van der Waals surface area contributed by atoms with Gasteiger partial charge in [0.1, 0.15) is 24.0 Å². The van der Waals surface area contributed by atoms with Gasteiger partial charge in [0.25, 0.3) is 0 Å². The van der Waals surface area contributed by atoms with E-state index in [2.05, 4.69) is 0 Å². The summed E-state index contributed by atoms with van der Waals surface area (Å²) in [5.74, 6) is -1.16. The molecule has 0 amide bonds. The Kier molecular flexibility index (Phi) is 4.24. The lowest BCUT2D eigenvalue weighted by Gasteiger charge is -2.25. The largest absolute Gasteiger partial charge is 0.458 e. The third kappa shape index (κ3) is 2.53. The van der Waals surface area contributed by atoms with Gasteiger partial charge < -0.3 is 20.0 Å². The van der Waals surface area contributed by atoms with Gasteiger partial charge in [-0.05, 0) is 11.6 Å². The maximum atomic E-state index is 12.2. The van der Waals surface area contributed by atoms with Gasteiger partial charge in [-0.1, -0.05) is 35.3 Å². The Balaban J connectivity index is 2.35. The van der Waals surface area contributed by atoms with Crippen LogP contribution in [-0.4, -0.2) is 5.11 Å². The van der Waals surface area contributed by atoms with E-state index in [1.807, 2.05) is 6.07 Å². The molecule has 0 radical (unpaired) electrons. The number of allylic oxidation sites excluding steroid dienone is 1. The third-order valence-electron chi connectivity index (χ3n) is 3.58. The van der Waals surface area contributed by atoms with Crippen molar-refractivity contribution in [3.05, 3.63) is 73.1 Å². The van der Waals surface area contributed by atoms with Gasteiger partial charge in [-0.15, -0.1) is 0 Å². The zero-order valence-corrected chi connectivity index (χ0v) is 13.6. The van der Waals surface area contributed by atoms with E-state index in [4.69, 9.17) is 38.1 Å². The van der Waals surface area contributed by atoms with Crippen LogP contribution in [0.15, 0.2) is 44.9 Å². The second-order valence-corrected chi connectivity index (χ2v) is 5.78. The van der Waals surface area contributed by atoms with E-state index < -0.39 is 18.0 Å². The van der Waals surface area contributed by atoms with Crippen LogP contribution < -0.4 is 15.9 Å². The molecule has 1 aromatic heterocycles. The number of ether oxygens (including phenoxy) is 1. The monoisotopic (exact) mass is 364 g/mol. The standard InChI is InChI=1S/C16H10Cl2N2O4/c17-10-3-1-2-8(13(10)18)12-9(5-19)16(20)24-14-11(22)4-7(6-21)23-15(12)14/h1-4,12,21H,6,20H2. The second-order valence-electron chi connectivity index (χ2n) is 5.00. The molecule has 1 aliphatic rings. The van der Waals surface area contributed by atoms with E-state index >= 15 is 0 Å². The molecule has 24 heavy (non-hydrogen) atoms. The smallest absolute Gasteiger partial charge is 0.228 e. The van der Waals surface area contributed by atoms with Crippen LogP contribution in [0.3, 0.4) is 0 Å². The lowest BCUT2D eigenvalue weighted by atomic mass is 9.87. The molecule has 3 N–H and O–H groups in total. The molecule has 1 atom stereocenters. The van der Waals surface area contributed by atoms with Gasteiger partial charge >= 0.3 is 0 Å². The number of halogens is 2. The van der Waals surface area contributed by atoms with Crippen molar-refractivity contribution >= 4 is 23.2 Å². The molecule has 2 aromatic rings. The number of aliphatic hydroxyl groups is 1. The highest BCUT2D eigenvalue weighted by Gasteiger charge is 2.36. The normalized spacial score (nSPS) is 16.3. The first-order valence-electron chi connectivity index (χ1n) is 6.77. The number of hydrogen-bond donors (Lipinski definition) is 2. The van der Waals surface area contributed by atoms with E-state index in [1.54, 1.807) is 18.2 Å². The summed E-state index contributed by atoms with van der Waals surface area (Å²) >= 11 is 12.3. The van der Waals surface area contributed by atoms with Crippen LogP contribution in [0.1, 0.15) is 23.0 Å². The fraction of sp³-hybridized carbons (Fsp3) is 0.125. The van der Waals surface area contributed by atoms with Crippen molar-refractivity contribution in [2.75, 3.05) is 0 Å². The first-order chi connectivity index (χ1) is 11.5. The summed E-state index contributed by atoms with van der Waals surface area (Å²) < 4.78 is 10.8. The summed E-state index contributed by atoms with van der Waals surface area (Å²) in [4.78, 5) is 12.2. The van der Waals surface area contributed by atoms with Crippen molar-refractivity contribution in [1.82, 2.24) is 0 Å². The Labute approximate surface area is 146 Å². The van der Waals surface area contributed by atoms with E-state index in [0.29, 0.717) is 5.56 Å². The maximum absolute atomic E-state index is 12.2. The molecule has 1 aliphatic heterocycles. The molecule has 0 aliphatic carbocycles. The van der Waals surface area contributed by atoms with E-state index in [1.165, 1.54) is 0 Å². The van der Waals surface area contributed by atoms with Crippen molar-refractivity contribution in [3.63, 3.8) is 0 Å². The number of rotatable bonds is 2. The summed E-state index contributed by atoms with van der Waals surface area (Å²) in [6, 6.07) is 7.93. The number of aliphatic hydroxyl groups excluding tert-OH is 1. The van der Waals surface area contributed by atoms with Crippen LogP contribution in [-0.2, 0) is 6.61 Å². The Bertz CT molecular complexity index is 960. The molecule has 1 unspecified atom stereocenters. The summed E-state index contributed by atoms with van der Waals surface area (Å²) in [5.41, 5.74) is 5.73. The number of hydrogen-bond acceptors (Lipinski definition) is 6. The zero-order chi connectivity index (χ0) is 17.4. The van der Waals surface area contributed by atoms with E-state index in [9.17, 15) is 15.2 Å². The minimum Gasteiger partial charge on any atom is -0.458 e. The SMILES string of the molecule is N#CC1=C(N)Oc2c(oc(CO)cc2=O)C1c1cccc(Cl)c1Cl. The predicted octanol–water partition coefficient (Wildman–Crippen LogP) is 2.66. The highest BCUT2D eigenvalue weighted by Crippen LogP contribution is 2.44. The van der Waals surface area contributed by atoms with E-state index in [0.717, 1.165) is 6.07 Å². The van der Waals surface area contributed by atoms with Gasteiger partial charge in [0.15, 0.2) is 5.76 Å². The predicted molar refractivity (Wildman–Crippen MR) is 86.7 cm³/mol. The molecule has 122 valence electrons. The van der Waals surface area contributed by atoms with Crippen LogP contribution in [0, 0.1) is 11.3 Å². The number of nitrogens with zero attached hydrogens (tertiary/aromatic N) is 1. The van der Waals surface area contributed by atoms with Gasteiger partial charge in [-0.25, -0.2) is 0 Å². The van der Waals surface area contributed by atoms with Gasteiger partial charge in [0.2, 0.25) is 17.1 Å². The maximum Gasteiger partial charge on any atom is 0.228 e. The highest BCUT2D eigenvalue weighted by atomic mass is 35.5. The summed E-state index contributed by atoms with van der Waals surface area (Å²) in [5, 5.41) is 19.2. The minimum atomic E-state index is -0.871. The van der Waals surface area contributed by atoms with E-state index in [-0.39, 0.29) is 38.8 Å². The van der Waals surface area contributed by atoms with Crippen molar-refractivity contribution in [2.45, 2.75) is 12.5 Å². The first kappa shape index (κ1) is 16.4. The average molecular weight is 365 g/mol. The molecular weight excluding hydrogens is 355 g/mol. The van der Waals surface area contributed by atoms with Crippen molar-refractivity contribution in [3.8, 4) is 11.8 Å². The quantitative estimate of drug-likeness (QED) is 0.847. The van der Waals surface area contributed by atoms with Gasteiger partial charge in [-0.3, -0.25) is 4.79 Å². The molecule has 1 aromatic carbocycles. The van der Waals surface area contributed by atoms with Gasteiger partial charge in [-0.2, -0.15) is 5.26 Å². The van der Waals surface area contributed by atoms with Crippen molar-refractivity contribution < 1.29 is 14.3 Å². The summed E-state index contributed by atoms with van der Waals surface area (Å²) in [7, 11) is 0. The Morgan fingerprint density at radius 1 is 1.38 bits per heavy atom. The summed E-state index contributed by atoms with van der Waals surface area (Å²) in [6.45, 7) is -0.487. The van der Waals surface area contributed by atoms with Crippen LogP contribution in [0.4, 0.5) is 0 Å². The number of benzene rings is 1. The molecule has 0 saturated heterocycles. The molecule has 2 heterocycles. The number of nitrogens with two attached hydrogens (primary N) is 1. The Morgan fingerprint density at radius 2 is 2.12 bits per heavy atom. The van der Waals surface area contributed by atoms with Crippen LogP contribution in [0.25, 0.3) is 0 Å². The second kappa shape index (κ2) is 6.21. The van der Waals surface area contributed by atoms with Gasteiger partial charge in [0.05, 0.1) is 16.0 Å². The molecule has 0 bridgehead atoms. The van der Waals surface area contributed by atoms with Crippen LogP contribution in [0.5, 0.6) is 5.75 Å². The van der Waals surface area contributed by atoms with Crippen molar-refractivity contribution in [2.24, 2.45) is 5.73 Å². The zero-order valence-electron chi connectivity index (χ0n) is 12.0. The van der Waals surface area contributed by atoms with Crippen LogP contribution >= 0.6 is 23.2 Å². The fourth-order valence-electron chi connectivity index (χ4n) is 2.52.